The van der Waals surface area contributed by atoms with Crippen LogP contribution in [0.4, 0.5) is 17.1 Å². The molecule has 3 atom stereocenters. The Morgan fingerprint density at radius 1 is 0.667 bits per heavy atom. The quantitative estimate of drug-likeness (QED) is 0.180. The molecule has 54 heavy (non-hydrogen) atoms. The van der Waals surface area contributed by atoms with Crippen LogP contribution in [0.25, 0.3) is 0 Å². The van der Waals surface area contributed by atoms with Gasteiger partial charge in [-0.05, 0) is 114 Å². The van der Waals surface area contributed by atoms with Crippen LogP contribution >= 0.6 is 0 Å². The van der Waals surface area contributed by atoms with Crippen LogP contribution < -0.4 is 20.9 Å². The van der Waals surface area contributed by atoms with E-state index in [1.54, 1.807) is 4.90 Å². The number of anilines is 3. The molecule has 3 amide bonds. The summed E-state index contributed by atoms with van der Waals surface area (Å²) in [5.41, 5.74) is 16.8. The van der Waals surface area contributed by atoms with Gasteiger partial charge in [0.15, 0.2) is 0 Å². The number of carbonyl (C=O) groups excluding carboxylic acids is 3. The maximum atomic E-state index is 13.2. The molecule has 0 spiro atoms. The molecule has 3 saturated heterocycles. The molecule has 4 aliphatic heterocycles. The number of hydrogen-bond donors (Lipinski definition) is 2. The second-order valence-electron chi connectivity index (χ2n) is 16.0. The monoisotopic (exact) mass is 722 g/mol. The third-order valence-corrected chi connectivity index (χ3v) is 12.8. The van der Waals surface area contributed by atoms with Crippen molar-refractivity contribution in [1.29, 1.82) is 0 Å². The van der Waals surface area contributed by atoms with E-state index >= 15 is 0 Å². The smallest absolute Gasteiger partial charge is 0.255 e. The van der Waals surface area contributed by atoms with E-state index in [2.05, 4.69) is 105 Å². The van der Waals surface area contributed by atoms with E-state index in [1.807, 2.05) is 6.07 Å². The average molecular weight is 723 g/mol. The number of aryl methyl sites for hydroxylation is 1. The van der Waals surface area contributed by atoms with Crippen molar-refractivity contribution in [3.63, 3.8) is 0 Å². The summed E-state index contributed by atoms with van der Waals surface area (Å²) in [6, 6.07) is 32.5. The number of piperazine rings is 1. The molecular formula is C45H50N6O3. The molecule has 3 N–H and O–H groups in total. The number of benzene rings is 4. The highest BCUT2D eigenvalue weighted by Gasteiger charge is 2.39. The fourth-order valence-electron chi connectivity index (χ4n) is 9.89. The van der Waals surface area contributed by atoms with Gasteiger partial charge in [-0.25, -0.2) is 0 Å². The van der Waals surface area contributed by atoms with E-state index < -0.39 is 6.04 Å². The van der Waals surface area contributed by atoms with Gasteiger partial charge in [0.25, 0.3) is 5.91 Å². The standard InChI is InChI=1S/C45H50N6O3/c46-35-9-14-39-33(26-35)8-13-38(31-4-2-1-3-5-31)43(39)32-6-10-36(11-7-32)49-20-18-30(19-21-49)28-48-22-24-50(25-23-48)37-12-15-40-34(27-37)29-51(45(40)54)41-16-17-42(52)47-44(41)53/h1-7,9-12,14-15,26-27,30,38,41,43H,8,13,16-25,28-29,46H2,(H,47,52,53)/t38-,41+,43+/m1/s1. The van der Waals surface area contributed by atoms with Crippen molar-refractivity contribution in [2.45, 2.75) is 62.9 Å². The maximum Gasteiger partial charge on any atom is 0.255 e. The molecule has 0 saturated carbocycles. The molecule has 5 aliphatic rings. The van der Waals surface area contributed by atoms with E-state index in [-0.39, 0.29) is 24.1 Å². The Hall–Kier alpha value is -5.15. The van der Waals surface area contributed by atoms with Gasteiger partial charge in [0.1, 0.15) is 6.04 Å². The SMILES string of the molecule is Nc1ccc2c(c1)CC[C@H](c1ccccc1)[C@@H]2c1ccc(N2CCC(CN3CCN(c4ccc5c(c4)CN([C@H]4CCC(=O)NC4=O)C5=O)CC3)CC2)cc1. The number of rotatable bonds is 7. The molecule has 9 rings (SSSR count). The van der Waals surface area contributed by atoms with Gasteiger partial charge in [0.05, 0.1) is 0 Å². The van der Waals surface area contributed by atoms with Crippen LogP contribution in [-0.4, -0.2) is 79.4 Å². The third kappa shape index (κ3) is 6.74. The molecule has 4 aromatic carbocycles. The van der Waals surface area contributed by atoms with Crippen molar-refractivity contribution < 1.29 is 14.4 Å². The largest absolute Gasteiger partial charge is 0.399 e. The second-order valence-corrected chi connectivity index (χ2v) is 16.0. The molecule has 4 aromatic rings. The number of nitrogens with two attached hydrogens (primary N) is 1. The number of imide groups is 1. The molecule has 0 radical (unpaired) electrons. The minimum absolute atomic E-state index is 0.118. The van der Waals surface area contributed by atoms with Crippen LogP contribution in [0.5, 0.6) is 0 Å². The first-order valence-corrected chi connectivity index (χ1v) is 19.9. The highest BCUT2D eigenvalue weighted by molar-refractivity contribution is 6.05. The van der Waals surface area contributed by atoms with Gasteiger partial charge >= 0.3 is 0 Å². The lowest BCUT2D eigenvalue weighted by atomic mass is 9.69. The van der Waals surface area contributed by atoms with Gasteiger partial charge < -0.3 is 20.4 Å². The van der Waals surface area contributed by atoms with Crippen molar-refractivity contribution in [3.8, 4) is 0 Å². The third-order valence-electron chi connectivity index (χ3n) is 12.8. The van der Waals surface area contributed by atoms with Crippen LogP contribution in [0.3, 0.4) is 0 Å². The van der Waals surface area contributed by atoms with Crippen LogP contribution in [0, 0.1) is 5.92 Å². The van der Waals surface area contributed by atoms with Crippen molar-refractivity contribution in [2.24, 2.45) is 5.92 Å². The molecule has 4 heterocycles. The molecule has 0 unspecified atom stereocenters. The van der Waals surface area contributed by atoms with Crippen molar-refractivity contribution in [3.05, 3.63) is 124 Å². The van der Waals surface area contributed by atoms with E-state index in [1.165, 1.54) is 40.8 Å². The fourth-order valence-corrected chi connectivity index (χ4v) is 9.89. The first kappa shape index (κ1) is 34.6. The zero-order valence-corrected chi connectivity index (χ0v) is 31.0. The van der Waals surface area contributed by atoms with Gasteiger partial charge in [-0.2, -0.15) is 0 Å². The van der Waals surface area contributed by atoms with Crippen molar-refractivity contribution in [2.75, 3.05) is 61.3 Å². The summed E-state index contributed by atoms with van der Waals surface area (Å²) >= 11 is 0. The predicted molar refractivity (Wildman–Crippen MR) is 213 cm³/mol. The highest BCUT2D eigenvalue weighted by Crippen LogP contribution is 2.47. The average Bonchev–Trinajstić information content (AvgIpc) is 3.53. The van der Waals surface area contributed by atoms with Crippen LogP contribution in [-0.2, 0) is 22.6 Å². The number of amides is 3. The number of nitrogens with one attached hydrogen (secondary N) is 1. The first-order chi connectivity index (χ1) is 26.4. The summed E-state index contributed by atoms with van der Waals surface area (Å²) in [5, 5.41) is 2.39. The van der Waals surface area contributed by atoms with Crippen LogP contribution in [0.1, 0.15) is 82.1 Å². The Kier molecular flexibility index (Phi) is 9.35. The number of fused-ring (bicyclic) bond motifs is 2. The second kappa shape index (κ2) is 14.6. The summed E-state index contributed by atoms with van der Waals surface area (Å²) in [5.74, 6) is 0.720. The number of piperidine rings is 2. The number of hydrogen-bond acceptors (Lipinski definition) is 7. The summed E-state index contributed by atoms with van der Waals surface area (Å²) < 4.78 is 0. The first-order valence-electron chi connectivity index (χ1n) is 19.9. The molecule has 9 nitrogen and oxygen atoms in total. The number of carbonyl (C=O) groups is 3. The van der Waals surface area contributed by atoms with Gasteiger partial charge in [-0.15, -0.1) is 0 Å². The Bertz CT molecular complexity index is 2030. The van der Waals surface area contributed by atoms with E-state index in [0.717, 1.165) is 75.6 Å². The number of nitrogens with zero attached hydrogens (tertiary/aromatic N) is 4. The zero-order chi connectivity index (χ0) is 36.8. The lowest BCUT2D eigenvalue weighted by molar-refractivity contribution is -0.136. The molecule has 278 valence electrons. The van der Waals surface area contributed by atoms with Crippen molar-refractivity contribution >= 4 is 34.8 Å². The summed E-state index contributed by atoms with van der Waals surface area (Å²) in [7, 11) is 0. The molecular weight excluding hydrogens is 673 g/mol. The number of nitrogen functional groups attached to an aromatic ring is 1. The predicted octanol–water partition coefficient (Wildman–Crippen LogP) is 5.93. The highest BCUT2D eigenvalue weighted by atomic mass is 16.2. The minimum Gasteiger partial charge on any atom is -0.399 e. The van der Waals surface area contributed by atoms with E-state index in [0.29, 0.717) is 36.3 Å². The molecule has 3 fully saturated rings. The Labute approximate surface area is 318 Å². The minimum atomic E-state index is -0.582. The topological polar surface area (TPSA) is 102 Å². The van der Waals surface area contributed by atoms with E-state index in [9.17, 15) is 14.4 Å². The Morgan fingerprint density at radius 2 is 1.41 bits per heavy atom. The molecule has 1 aliphatic carbocycles. The lowest BCUT2D eigenvalue weighted by Gasteiger charge is -2.40. The van der Waals surface area contributed by atoms with Gasteiger partial charge in [-0.3, -0.25) is 24.6 Å². The van der Waals surface area contributed by atoms with Gasteiger partial charge in [0, 0.05) is 87.3 Å². The Balaban J connectivity index is 0.780. The van der Waals surface area contributed by atoms with Crippen LogP contribution in [0.2, 0.25) is 0 Å². The fraction of sp³-hybridized carbons (Fsp3) is 0.400. The summed E-state index contributed by atoms with van der Waals surface area (Å²) in [6.45, 7) is 7.71. The lowest BCUT2D eigenvalue weighted by Crippen LogP contribution is -2.52. The normalized spacial score (nSPS) is 23.7. The zero-order valence-electron chi connectivity index (χ0n) is 31.0. The summed E-state index contributed by atoms with van der Waals surface area (Å²) in [6.07, 6.45) is 5.25. The molecule has 0 aromatic heterocycles. The van der Waals surface area contributed by atoms with Crippen molar-refractivity contribution in [1.82, 2.24) is 15.1 Å². The van der Waals surface area contributed by atoms with Gasteiger partial charge in [0.2, 0.25) is 11.8 Å². The van der Waals surface area contributed by atoms with E-state index in [4.69, 9.17) is 5.73 Å². The van der Waals surface area contributed by atoms with Gasteiger partial charge in [-0.1, -0.05) is 48.5 Å². The molecule has 9 heteroatoms. The Morgan fingerprint density at radius 3 is 2.17 bits per heavy atom. The molecule has 0 bridgehead atoms. The van der Waals surface area contributed by atoms with Crippen LogP contribution in [0.15, 0.2) is 91.0 Å². The summed E-state index contributed by atoms with van der Waals surface area (Å²) in [4.78, 5) is 46.5. The maximum absolute atomic E-state index is 13.2.